The Labute approximate surface area is 110 Å². The monoisotopic (exact) mass is 253 g/mol. The minimum atomic E-state index is 0.228. The summed E-state index contributed by atoms with van der Waals surface area (Å²) in [7, 11) is 0. The van der Waals surface area contributed by atoms with Crippen LogP contribution in [0, 0.1) is 11.3 Å². The summed E-state index contributed by atoms with van der Waals surface area (Å²) in [5.41, 5.74) is 0.244. The molecule has 0 aromatic rings. The Bertz CT molecular complexity index is 266. The molecule has 2 aliphatic rings. The van der Waals surface area contributed by atoms with Gasteiger partial charge < -0.3 is 10.4 Å². The highest BCUT2D eigenvalue weighted by atomic mass is 16.3. The lowest BCUT2D eigenvalue weighted by molar-refractivity contribution is -0.122. The molecule has 0 spiro atoms. The predicted molar refractivity (Wildman–Crippen MR) is 72.2 cm³/mol. The van der Waals surface area contributed by atoms with Gasteiger partial charge in [-0.3, -0.25) is 4.79 Å². The van der Waals surface area contributed by atoms with E-state index >= 15 is 0 Å². The molecule has 0 radical (unpaired) electrons. The molecule has 0 unspecified atom stereocenters. The molecule has 0 saturated heterocycles. The molecular formula is C15H27NO2. The Morgan fingerprint density at radius 3 is 2.39 bits per heavy atom. The van der Waals surface area contributed by atoms with Crippen LogP contribution in [0.4, 0.5) is 0 Å². The van der Waals surface area contributed by atoms with Crippen molar-refractivity contribution in [3.05, 3.63) is 0 Å². The highest BCUT2D eigenvalue weighted by Crippen LogP contribution is 2.47. The van der Waals surface area contributed by atoms with E-state index in [0.717, 1.165) is 32.2 Å². The van der Waals surface area contributed by atoms with Crippen molar-refractivity contribution in [1.82, 2.24) is 5.32 Å². The van der Waals surface area contributed by atoms with Crippen LogP contribution < -0.4 is 5.32 Å². The maximum atomic E-state index is 11.9. The molecule has 3 nitrogen and oxygen atoms in total. The van der Waals surface area contributed by atoms with E-state index in [1.165, 1.54) is 38.5 Å². The minimum absolute atomic E-state index is 0.228. The van der Waals surface area contributed by atoms with Crippen molar-refractivity contribution in [2.75, 3.05) is 13.2 Å². The number of carbonyl (C=O) groups is 1. The van der Waals surface area contributed by atoms with E-state index < -0.39 is 0 Å². The third-order valence-corrected chi connectivity index (χ3v) is 4.71. The molecule has 2 rings (SSSR count). The quantitative estimate of drug-likeness (QED) is 0.715. The average molecular weight is 253 g/mol. The number of amides is 1. The van der Waals surface area contributed by atoms with E-state index in [1.807, 2.05) is 0 Å². The summed E-state index contributed by atoms with van der Waals surface area (Å²) in [6.45, 7) is 1.03. The molecule has 0 aromatic carbocycles. The fraction of sp³-hybridized carbons (Fsp3) is 0.933. The van der Waals surface area contributed by atoms with Crippen molar-refractivity contribution in [3.63, 3.8) is 0 Å². The van der Waals surface area contributed by atoms with Gasteiger partial charge in [0.25, 0.3) is 0 Å². The first-order chi connectivity index (χ1) is 8.74. The van der Waals surface area contributed by atoms with E-state index in [9.17, 15) is 4.79 Å². The molecule has 0 aliphatic heterocycles. The third-order valence-electron chi connectivity index (χ3n) is 4.71. The number of hydrogen-bond acceptors (Lipinski definition) is 2. The zero-order valence-corrected chi connectivity index (χ0v) is 11.4. The van der Waals surface area contributed by atoms with Gasteiger partial charge in [-0.25, -0.2) is 0 Å². The number of aliphatic hydroxyl groups excluding tert-OH is 1. The normalized spacial score (nSPS) is 23.4. The topological polar surface area (TPSA) is 49.3 Å². The molecule has 2 saturated carbocycles. The summed E-state index contributed by atoms with van der Waals surface area (Å²) in [6.07, 6.45) is 11.6. The average Bonchev–Trinajstić information content (AvgIpc) is 3.13. The Morgan fingerprint density at radius 1 is 1.17 bits per heavy atom. The summed E-state index contributed by atoms with van der Waals surface area (Å²) < 4.78 is 0. The molecule has 2 aliphatic carbocycles. The van der Waals surface area contributed by atoms with Crippen LogP contribution in [0.25, 0.3) is 0 Å². The molecule has 2 fully saturated rings. The summed E-state index contributed by atoms with van der Waals surface area (Å²) >= 11 is 0. The van der Waals surface area contributed by atoms with Crippen LogP contribution in [0.5, 0.6) is 0 Å². The van der Waals surface area contributed by atoms with Gasteiger partial charge in [0, 0.05) is 19.6 Å². The lowest BCUT2D eigenvalue weighted by Gasteiger charge is -2.17. The SMILES string of the molecule is O=C(CC1CCCCCC1)NCC1(CCO)CC1. The van der Waals surface area contributed by atoms with E-state index in [1.54, 1.807) is 0 Å². The van der Waals surface area contributed by atoms with Crippen molar-refractivity contribution in [3.8, 4) is 0 Å². The van der Waals surface area contributed by atoms with Crippen LogP contribution in [0.2, 0.25) is 0 Å². The van der Waals surface area contributed by atoms with Gasteiger partial charge in [0.2, 0.25) is 5.91 Å². The van der Waals surface area contributed by atoms with Crippen molar-refractivity contribution in [1.29, 1.82) is 0 Å². The largest absolute Gasteiger partial charge is 0.396 e. The van der Waals surface area contributed by atoms with E-state index in [4.69, 9.17) is 5.11 Å². The fourth-order valence-electron chi connectivity index (χ4n) is 3.12. The minimum Gasteiger partial charge on any atom is -0.396 e. The van der Waals surface area contributed by atoms with Gasteiger partial charge in [-0.15, -0.1) is 0 Å². The first kappa shape index (κ1) is 13.9. The Morgan fingerprint density at radius 2 is 1.83 bits per heavy atom. The van der Waals surface area contributed by atoms with Gasteiger partial charge in [0.05, 0.1) is 0 Å². The second kappa shape index (κ2) is 6.55. The first-order valence-electron chi connectivity index (χ1n) is 7.62. The molecule has 0 aromatic heterocycles. The Balaban J connectivity index is 1.65. The summed E-state index contributed by atoms with van der Waals surface area (Å²) in [5.74, 6) is 0.839. The number of carbonyl (C=O) groups excluding carboxylic acids is 1. The summed E-state index contributed by atoms with van der Waals surface area (Å²) in [5, 5.41) is 12.1. The molecular weight excluding hydrogens is 226 g/mol. The van der Waals surface area contributed by atoms with Crippen LogP contribution in [0.15, 0.2) is 0 Å². The third kappa shape index (κ3) is 4.27. The maximum absolute atomic E-state index is 11.9. The Hall–Kier alpha value is -0.570. The number of nitrogens with one attached hydrogen (secondary N) is 1. The molecule has 0 atom stereocenters. The van der Waals surface area contributed by atoms with Gasteiger partial charge in [0.1, 0.15) is 0 Å². The van der Waals surface area contributed by atoms with Crippen molar-refractivity contribution in [2.24, 2.45) is 11.3 Å². The van der Waals surface area contributed by atoms with E-state index in [-0.39, 0.29) is 17.9 Å². The zero-order valence-electron chi connectivity index (χ0n) is 11.4. The van der Waals surface area contributed by atoms with Crippen LogP contribution in [0.1, 0.15) is 64.2 Å². The van der Waals surface area contributed by atoms with E-state index in [0.29, 0.717) is 5.92 Å². The second-order valence-electron chi connectivity index (χ2n) is 6.31. The van der Waals surface area contributed by atoms with Gasteiger partial charge in [-0.2, -0.15) is 0 Å². The van der Waals surface area contributed by atoms with Crippen LogP contribution in [0.3, 0.4) is 0 Å². The summed E-state index contributed by atoms with van der Waals surface area (Å²) in [6, 6.07) is 0. The van der Waals surface area contributed by atoms with Gasteiger partial charge in [0.15, 0.2) is 0 Å². The lowest BCUT2D eigenvalue weighted by atomic mass is 9.96. The second-order valence-corrected chi connectivity index (χ2v) is 6.31. The van der Waals surface area contributed by atoms with Crippen molar-refractivity contribution >= 4 is 5.91 Å². The zero-order chi connectivity index (χ0) is 12.8. The highest BCUT2D eigenvalue weighted by molar-refractivity contribution is 5.76. The standard InChI is InChI=1S/C15H27NO2/c17-10-9-15(7-8-15)12-16-14(18)11-13-5-3-1-2-4-6-13/h13,17H,1-12H2,(H,16,18). The number of aliphatic hydroxyl groups is 1. The van der Waals surface area contributed by atoms with Crippen LogP contribution >= 0.6 is 0 Å². The Kier molecular flexibility index (Phi) is 5.04. The molecule has 0 bridgehead atoms. The smallest absolute Gasteiger partial charge is 0.220 e. The lowest BCUT2D eigenvalue weighted by Crippen LogP contribution is -2.31. The van der Waals surface area contributed by atoms with Gasteiger partial charge in [-0.05, 0) is 43.4 Å². The fourth-order valence-corrected chi connectivity index (χ4v) is 3.12. The first-order valence-corrected chi connectivity index (χ1v) is 7.62. The molecule has 104 valence electrons. The summed E-state index contributed by atoms with van der Waals surface area (Å²) in [4.78, 5) is 11.9. The highest BCUT2D eigenvalue weighted by Gasteiger charge is 2.41. The predicted octanol–water partition coefficient (Wildman–Crippen LogP) is 2.63. The molecule has 3 heteroatoms. The van der Waals surface area contributed by atoms with Gasteiger partial charge >= 0.3 is 0 Å². The van der Waals surface area contributed by atoms with Crippen LogP contribution in [-0.4, -0.2) is 24.2 Å². The molecule has 0 heterocycles. The number of hydrogen-bond donors (Lipinski definition) is 2. The molecule has 18 heavy (non-hydrogen) atoms. The van der Waals surface area contributed by atoms with Gasteiger partial charge in [-0.1, -0.05) is 25.7 Å². The van der Waals surface area contributed by atoms with Crippen molar-refractivity contribution in [2.45, 2.75) is 64.2 Å². The van der Waals surface area contributed by atoms with E-state index in [2.05, 4.69) is 5.32 Å². The molecule has 1 amide bonds. The molecule has 2 N–H and O–H groups in total. The maximum Gasteiger partial charge on any atom is 0.220 e. The van der Waals surface area contributed by atoms with Crippen LogP contribution in [-0.2, 0) is 4.79 Å². The van der Waals surface area contributed by atoms with Crippen molar-refractivity contribution < 1.29 is 9.90 Å². The number of rotatable bonds is 6.